The molecule has 0 radical (unpaired) electrons. The number of rotatable bonds is 8. The van der Waals surface area contributed by atoms with Crippen LogP contribution in [0.2, 0.25) is 5.02 Å². The molecule has 0 spiro atoms. The lowest BCUT2D eigenvalue weighted by Gasteiger charge is -2.32. The summed E-state index contributed by atoms with van der Waals surface area (Å²) in [6, 6.07) is 12.3. The van der Waals surface area contributed by atoms with Crippen molar-refractivity contribution in [2.45, 2.75) is 12.6 Å². The van der Waals surface area contributed by atoms with Gasteiger partial charge in [-0.15, -0.1) is 0 Å². The van der Waals surface area contributed by atoms with Gasteiger partial charge in [0.2, 0.25) is 0 Å². The van der Waals surface area contributed by atoms with Gasteiger partial charge >= 0.3 is 0 Å². The summed E-state index contributed by atoms with van der Waals surface area (Å²) in [6.45, 7) is 2.86. The second kappa shape index (κ2) is 9.68. The molecule has 1 aliphatic heterocycles. The molecule has 0 amide bonds. The van der Waals surface area contributed by atoms with Crippen molar-refractivity contribution in [2.24, 2.45) is 0 Å². The summed E-state index contributed by atoms with van der Waals surface area (Å²) < 4.78 is 10.7. The number of ketones is 1. The van der Waals surface area contributed by atoms with Crippen molar-refractivity contribution in [3.63, 3.8) is 0 Å². The Morgan fingerprint density at radius 2 is 2.07 bits per heavy atom. The van der Waals surface area contributed by atoms with E-state index in [1.165, 1.54) is 7.11 Å². The summed E-state index contributed by atoms with van der Waals surface area (Å²) in [4.78, 5) is 26.1. The number of carbonyl (C=O) groups excluding carboxylic acids is 2. The average Bonchev–Trinajstić information content (AvgIpc) is 2.73. The molecule has 1 N–H and O–H groups in total. The van der Waals surface area contributed by atoms with Crippen molar-refractivity contribution in [1.29, 1.82) is 0 Å². The maximum absolute atomic E-state index is 12.6. The van der Waals surface area contributed by atoms with E-state index in [1.807, 2.05) is 24.3 Å². The van der Waals surface area contributed by atoms with E-state index in [-0.39, 0.29) is 18.4 Å². The topological polar surface area (TPSA) is 67.9 Å². The van der Waals surface area contributed by atoms with Crippen molar-refractivity contribution in [2.75, 3.05) is 33.4 Å². The van der Waals surface area contributed by atoms with Gasteiger partial charge in [0.1, 0.15) is 18.1 Å². The quantitative estimate of drug-likeness (QED) is 0.684. The van der Waals surface area contributed by atoms with E-state index in [4.69, 9.17) is 21.1 Å². The summed E-state index contributed by atoms with van der Waals surface area (Å²) in [5, 5.41) is 3.96. The monoisotopic (exact) mass is 402 g/mol. The number of ether oxygens (including phenoxy) is 2. The zero-order valence-corrected chi connectivity index (χ0v) is 16.4. The third kappa shape index (κ3) is 5.32. The summed E-state index contributed by atoms with van der Waals surface area (Å²) in [5.41, 5.74) is 1.51. The Morgan fingerprint density at radius 3 is 2.79 bits per heavy atom. The summed E-state index contributed by atoms with van der Waals surface area (Å²) in [5.74, 6) is 0.888. The number of methoxy groups -OCH3 is 1. The first-order valence-electron chi connectivity index (χ1n) is 9.08. The average molecular weight is 403 g/mol. The van der Waals surface area contributed by atoms with Crippen molar-refractivity contribution in [3.8, 4) is 11.5 Å². The normalized spacial score (nSPS) is 17.1. The lowest BCUT2D eigenvalue weighted by molar-refractivity contribution is -0.124. The molecule has 6 nitrogen and oxygen atoms in total. The first-order chi connectivity index (χ1) is 13.6. The van der Waals surface area contributed by atoms with Crippen LogP contribution in [0.5, 0.6) is 11.5 Å². The van der Waals surface area contributed by atoms with E-state index in [2.05, 4.69) is 10.2 Å². The Balaban J connectivity index is 1.55. The van der Waals surface area contributed by atoms with Crippen LogP contribution in [-0.4, -0.2) is 56.4 Å². The number of Topliss-reactive ketones (excluding diaryl/α,β-unsaturated/α-hetero) is 1. The first-order valence-corrected chi connectivity index (χ1v) is 9.45. The highest BCUT2D eigenvalue weighted by molar-refractivity contribution is 6.30. The molecule has 148 valence electrons. The summed E-state index contributed by atoms with van der Waals surface area (Å²) in [7, 11) is 1.53. The van der Waals surface area contributed by atoms with Crippen molar-refractivity contribution in [3.05, 3.63) is 58.6 Å². The van der Waals surface area contributed by atoms with E-state index in [9.17, 15) is 9.59 Å². The molecule has 0 aromatic heterocycles. The van der Waals surface area contributed by atoms with Gasteiger partial charge in [0.15, 0.2) is 12.1 Å². The van der Waals surface area contributed by atoms with Gasteiger partial charge in [0, 0.05) is 31.2 Å². The summed E-state index contributed by atoms with van der Waals surface area (Å²) in [6.07, 6.45) is 0.690. The minimum atomic E-state index is -0.307. The van der Waals surface area contributed by atoms with Gasteiger partial charge in [-0.2, -0.15) is 0 Å². The van der Waals surface area contributed by atoms with E-state index >= 15 is 0 Å². The molecule has 1 unspecified atom stereocenters. The third-order valence-electron chi connectivity index (χ3n) is 4.68. The smallest absolute Gasteiger partial charge is 0.188 e. The van der Waals surface area contributed by atoms with Gasteiger partial charge in [0.25, 0.3) is 0 Å². The molecule has 1 atom stereocenters. The van der Waals surface area contributed by atoms with Crippen LogP contribution in [0.25, 0.3) is 0 Å². The molecule has 7 heteroatoms. The van der Waals surface area contributed by atoms with Gasteiger partial charge in [0.05, 0.1) is 18.7 Å². The molecular formula is C21H23ClN2O4. The van der Waals surface area contributed by atoms with Crippen LogP contribution in [0.15, 0.2) is 42.5 Å². The Morgan fingerprint density at radius 1 is 1.29 bits per heavy atom. The maximum atomic E-state index is 12.6. The van der Waals surface area contributed by atoms with Crippen LogP contribution >= 0.6 is 11.6 Å². The zero-order chi connectivity index (χ0) is 19.9. The molecule has 28 heavy (non-hydrogen) atoms. The maximum Gasteiger partial charge on any atom is 0.188 e. The van der Waals surface area contributed by atoms with Gasteiger partial charge in [-0.3, -0.25) is 14.5 Å². The number of carbonyl (C=O) groups is 2. The predicted octanol–water partition coefficient (Wildman–Crippen LogP) is 2.58. The van der Waals surface area contributed by atoms with Gasteiger partial charge in [-0.25, -0.2) is 0 Å². The minimum Gasteiger partial charge on any atom is -0.497 e. The fourth-order valence-electron chi connectivity index (χ4n) is 3.14. The lowest BCUT2D eigenvalue weighted by atomic mass is 10.1. The Kier molecular flexibility index (Phi) is 7.03. The molecule has 0 saturated carbocycles. The fourth-order valence-corrected chi connectivity index (χ4v) is 3.27. The number of benzene rings is 2. The van der Waals surface area contributed by atoms with Crippen LogP contribution in [0.4, 0.5) is 0 Å². The fraction of sp³-hybridized carbons (Fsp3) is 0.333. The van der Waals surface area contributed by atoms with E-state index in [0.717, 1.165) is 25.2 Å². The van der Waals surface area contributed by atoms with E-state index in [1.54, 1.807) is 18.2 Å². The molecule has 1 aliphatic rings. The van der Waals surface area contributed by atoms with Crippen LogP contribution in [0, 0.1) is 0 Å². The molecule has 1 heterocycles. The highest BCUT2D eigenvalue weighted by Gasteiger charge is 2.25. The van der Waals surface area contributed by atoms with Crippen LogP contribution in [0.3, 0.4) is 0 Å². The molecule has 2 aromatic carbocycles. The highest BCUT2D eigenvalue weighted by atomic mass is 35.5. The molecular weight excluding hydrogens is 380 g/mol. The standard InChI is InChI=1S/C21H23ClN2O4/c1-27-18-6-7-21(16(10-18)13-25)28-14-20(26)19-12-24(9-8-23-19)11-15-2-4-17(22)5-3-15/h2-7,10,13,19,23H,8-9,11-12,14H2,1H3. The Labute approximate surface area is 169 Å². The zero-order valence-electron chi connectivity index (χ0n) is 15.7. The highest BCUT2D eigenvalue weighted by Crippen LogP contribution is 2.22. The van der Waals surface area contributed by atoms with Crippen LogP contribution in [0.1, 0.15) is 15.9 Å². The molecule has 1 saturated heterocycles. The number of halogens is 1. The lowest BCUT2D eigenvalue weighted by Crippen LogP contribution is -2.54. The Bertz CT molecular complexity index is 826. The molecule has 0 bridgehead atoms. The number of nitrogens with zero attached hydrogens (tertiary/aromatic N) is 1. The second-order valence-electron chi connectivity index (χ2n) is 6.64. The van der Waals surface area contributed by atoms with Gasteiger partial charge in [-0.05, 0) is 35.9 Å². The molecule has 3 rings (SSSR count). The number of piperazine rings is 1. The molecule has 0 aliphatic carbocycles. The van der Waals surface area contributed by atoms with Crippen molar-refractivity contribution < 1.29 is 19.1 Å². The second-order valence-corrected chi connectivity index (χ2v) is 7.08. The van der Waals surface area contributed by atoms with E-state index < -0.39 is 0 Å². The number of hydrogen-bond donors (Lipinski definition) is 1. The first kappa shape index (κ1) is 20.3. The molecule has 2 aromatic rings. The summed E-state index contributed by atoms with van der Waals surface area (Å²) >= 11 is 5.93. The molecule has 1 fully saturated rings. The number of hydrogen-bond acceptors (Lipinski definition) is 6. The minimum absolute atomic E-state index is 0.0477. The Hall–Kier alpha value is -2.41. The van der Waals surface area contributed by atoms with Crippen LogP contribution in [-0.2, 0) is 11.3 Å². The largest absolute Gasteiger partial charge is 0.497 e. The number of aldehydes is 1. The van der Waals surface area contributed by atoms with Crippen LogP contribution < -0.4 is 14.8 Å². The van der Waals surface area contributed by atoms with Crippen molar-refractivity contribution in [1.82, 2.24) is 10.2 Å². The predicted molar refractivity (Wildman–Crippen MR) is 107 cm³/mol. The van der Waals surface area contributed by atoms with Gasteiger partial charge in [-0.1, -0.05) is 23.7 Å². The van der Waals surface area contributed by atoms with E-state index in [0.29, 0.717) is 34.9 Å². The number of nitrogens with one attached hydrogen (secondary N) is 1. The van der Waals surface area contributed by atoms with Crippen molar-refractivity contribution >= 4 is 23.7 Å². The van der Waals surface area contributed by atoms with Gasteiger partial charge < -0.3 is 14.8 Å². The SMILES string of the molecule is COc1ccc(OCC(=O)C2CN(Cc3ccc(Cl)cc3)CCN2)c(C=O)c1. The third-order valence-corrected chi connectivity index (χ3v) is 4.93.